The molecule has 0 aromatic heterocycles. The van der Waals surface area contributed by atoms with Crippen LogP contribution in [-0.2, 0) is 19.7 Å². The fourth-order valence-electron chi connectivity index (χ4n) is 1.39. The van der Waals surface area contributed by atoms with Crippen molar-refractivity contribution in [2.45, 2.75) is 34.0 Å². The summed E-state index contributed by atoms with van der Waals surface area (Å²) in [6.07, 6.45) is 2.68. The lowest BCUT2D eigenvalue weighted by atomic mass is 10.3. The van der Waals surface area contributed by atoms with E-state index in [1.165, 1.54) is 12.1 Å². The highest BCUT2D eigenvalue weighted by molar-refractivity contribution is 9.42. The SMILES string of the molecule is CCCCCS(=O)(=O)C(Br)(Br)Br.O=S(=O)(c1ccccc1)C(Br)(Br)Br. The molecule has 0 fully saturated rings. The number of alkyl halides is 6. The van der Waals surface area contributed by atoms with Crippen LogP contribution in [0.15, 0.2) is 35.2 Å². The predicted molar refractivity (Wildman–Crippen MR) is 126 cm³/mol. The zero-order valence-electron chi connectivity index (χ0n) is 12.9. The number of unbranched alkanes of at least 4 members (excludes halogenated alkanes) is 2. The number of benzene rings is 1. The van der Waals surface area contributed by atoms with Crippen molar-refractivity contribution in [2.75, 3.05) is 5.75 Å². The van der Waals surface area contributed by atoms with Crippen molar-refractivity contribution < 1.29 is 16.8 Å². The van der Waals surface area contributed by atoms with Crippen molar-refractivity contribution in [2.24, 2.45) is 0 Å². The molecule has 1 aromatic rings. The molecule has 1 rings (SSSR count). The lowest BCUT2D eigenvalue weighted by Crippen LogP contribution is -2.21. The van der Waals surface area contributed by atoms with E-state index < -0.39 is 22.6 Å². The quantitative estimate of drug-likeness (QED) is 0.249. The first-order chi connectivity index (χ1) is 11.2. The van der Waals surface area contributed by atoms with Crippen LogP contribution in [0.4, 0.5) is 0 Å². The van der Waals surface area contributed by atoms with Gasteiger partial charge in [-0.2, -0.15) is 0 Å². The van der Waals surface area contributed by atoms with Gasteiger partial charge in [-0.3, -0.25) is 0 Å². The minimum Gasteiger partial charge on any atom is -0.226 e. The zero-order chi connectivity index (χ0) is 19.9. The molecule has 4 nitrogen and oxygen atoms in total. The molecule has 0 bridgehead atoms. The molecule has 0 spiro atoms. The summed E-state index contributed by atoms with van der Waals surface area (Å²) in [5, 5.41) is 0. The van der Waals surface area contributed by atoms with E-state index in [9.17, 15) is 16.8 Å². The molecule has 0 saturated heterocycles. The molecule has 25 heavy (non-hydrogen) atoms. The summed E-state index contributed by atoms with van der Waals surface area (Å²) in [5.74, 6) is 0.197. The van der Waals surface area contributed by atoms with E-state index in [0.29, 0.717) is 6.42 Å². The van der Waals surface area contributed by atoms with Crippen molar-refractivity contribution in [3.8, 4) is 0 Å². The van der Waals surface area contributed by atoms with Crippen LogP contribution in [0.25, 0.3) is 0 Å². The highest BCUT2D eigenvalue weighted by Gasteiger charge is 2.37. The summed E-state index contributed by atoms with van der Waals surface area (Å²) < 4.78 is 43.8. The second-order valence-corrected chi connectivity index (χ2v) is 25.7. The third-order valence-corrected chi connectivity index (χ3v) is 14.0. The van der Waals surface area contributed by atoms with Gasteiger partial charge in [-0.1, -0.05) is 38.0 Å². The first-order valence-electron chi connectivity index (χ1n) is 6.82. The number of sulfone groups is 2. The fraction of sp³-hybridized carbons (Fsp3) is 0.538. The summed E-state index contributed by atoms with van der Waals surface area (Å²) in [6, 6.07) is 8.18. The van der Waals surface area contributed by atoms with Crippen LogP contribution in [0.2, 0.25) is 0 Å². The molecule has 0 saturated carbocycles. The van der Waals surface area contributed by atoms with E-state index in [0.717, 1.165) is 12.8 Å². The van der Waals surface area contributed by atoms with E-state index in [1.54, 1.807) is 18.2 Å². The molecule has 0 amide bonds. The van der Waals surface area contributed by atoms with Gasteiger partial charge >= 0.3 is 0 Å². The van der Waals surface area contributed by atoms with E-state index in [2.05, 4.69) is 95.6 Å². The Morgan fingerprint density at radius 1 is 0.800 bits per heavy atom. The van der Waals surface area contributed by atoms with Crippen molar-refractivity contribution in [3.63, 3.8) is 0 Å². The smallest absolute Gasteiger partial charge is 0.226 e. The molecule has 1 aromatic carbocycles. The monoisotopic (exact) mass is 774 g/mol. The lowest BCUT2D eigenvalue weighted by molar-refractivity contribution is 0.593. The van der Waals surface area contributed by atoms with Crippen LogP contribution in [0.1, 0.15) is 26.2 Å². The Morgan fingerprint density at radius 3 is 1.64 bits per heavy atom. The Bertz CT molecular complexity index is 722. The zero-order valence-corrected chi connectivity index (χ0v) is 24.1. The molecule has 0 atom stereocenters. The van der Waals surface area contributed by atoms with Gasteiger partial charge < -0.3 is 0 Å². The normalized spacial score (nSPS) is 13.1. The van der Waals surface area contributed by atoms with E-state index in [1.807, 2.05) is 6.92 Å². The second kappa shape index (κ2) is 11.3. The molecule has 146 valence electrons. The molecule has 12 heteroatoms. The van der Waals surface area contributed by atoms with Gasteiger partial charge in [0, 0.05) is 0 Å². The van der Waals surface area contributed by atoms with E-state index in [-0.39, 0.29) is 10.6 Å². The van der Waals surface area contributed by atoms with Crippen molar-refractivity contribution in [1.29, 1.82) is 0 Å². The fourth-order valence-corrected chi connectivity index (χ4v) is 6.13. The van der Waals surface area contributed by atoms with Crippen LogP contribution < -0.4 is 0 Å². The molecule has 0 aliphatic heterocycles. The third kappa shape index (κ3) is 9.36. The highest BCUT2D eigenvalue weighted by atomic mass is 80.0. The summed E-state index contributed by atoms with van der Waals surface area (Å²) in [7, 11) is -6.55. The average molecular weight is 780 g/mol. The second-order valence-electron chi connectivity index (χ2n) is 4.73. The molecule has 0 aliphatic carbocycles. The summed E-state index contributed by atoms with van der Waals surface area (Å²) in [4.78, 5) is 0.251. The molecular weight excluding hydrogens is 764 g/mol. The van der Waals surface area contributed by atoms with Gasteiger partial charge in [0.05, 0.1) is 10.6 Å². The van der Waals surface area contributed by atoms with Gasteiger partial charge in [-0.05, 0) is 114 Å². The standard InChI is InChI=1S/C7H5Br3O2S.C6H11Br3O2S/c8-7(9,10)13(11,12)6-4-2-1-3-5-6;1-2-3-4-5-12(10,11)6(7,8)9/h1-5H;2-5H2,1H3. The van der Waals surface area contributed by atoms with Crippen LogP contribution in [-0.4, -0.2) is 25.5 Å². The summed E-state index contributed by atoms with van der Waals surface area (Å²) in [6.45, 7) is 2.04. The largest absolute Gasteiger partial charge is 0.239 e. The van der Waals surface area contributed by atoms with Crippen molar-refractivity contribution in [3.05, 3.63) is 30.3 Å². The predicted octanol–water partition coefficient (Wildman–Crippen LogP) is 6.64. The van der Waals surface area contributed by atoms with Gasteiger partial charge in [0.15, 0.2) is 9.84 Å². The van der Waals surface area contributed by atoms with Gasteiger partial charge in [0.1, 0.15) is 0 Å². The number of rotatable bonds is 5. The Morgan fingerprint density at radius 2 is 1.28 bits per heavy atom. The Balaban J connectivity index is 0.000000463. The topological polar surface area (TPSA) is 68.3 Å². The van der Waals surface area contributed by atoms with Crippen LogP contribution in [0.3, 0.4) is 0 Å². The average Bonchev–Trinajstić information content (AvgIpc) is 2.46. The number of hydrogen-bond acceptors (Lipinski definition) is 4. The molecule has 0 heterocycles. The summed E-state index contributed by atoms with van der Waals surface area (Å²) >= 11 is 17.9. The molecule has 0 aliphatic rings. The minimum absolute atomic E-state index is 0.197. The Labute approximate surface area is 199 Å². The molecule has 0 unspecified atom stereocenters. The van der Waals surface area contributed by atoms with Gasteiger partial charge in [-0.25, -0.2) is 16.8 Å². The number of halogens is 6. The minimum atomic E-state index is -3.43. The molecule has 0 N–H and O–H groups in total. The highest BCUT2D eigenvalue weighted by Crippen LogP contribution is 2.43. The Hall–Kier alpha value is 2.00. The van der Waals surface area contributed by atoms with Crippen molar-refractivity contribution >= 4 is 115 Å². The van der Waals surface area contributed by atoms with Crippen LogP contribution >= 0.6 is 95.6 Å². The Kier molecular flexibility index (Phi) is 12.2. The first kappa shape index (κ1) is 27.0. The number of hydrogen-bond donors (Lipinski definition) is 0. The van der Waals surface area contributed by atoms with Gasteiger partial charge in [-0.15, -0.1) is 0 Å². The van der Waals surface area contributed by atoms with Crippen LogP contribution in [0.5, 0.6) is 0 Å². The summed E-state index contributed by atoms with van der Waals surface area (Å²) in [5.41, 5.74) is 0. The maximum atomic E-state index is 11.7. The third-order valence-electron chi connectivity index (χ3n) is 2.73. The van der Waals surface area contributed by atoms with Crippen LogP contribution in [0, 0.1) is 0 Å². The molecular formula is C13H16Br6O4S2. The van der Waals surface area contributed by atoms with E-state index >= 15 is 0 Å². The van der Waals surface area contributed by atoms with Gasteiger partial charge in [0.2, 0.25) is 12.8 Å². The van der Waals surface area contributed by atoms with Gasteiger partial charge in [0.25, 0.3) is 0 Å². The lowest BCUT2D eigenvalue weighted by Gasteiger charge is -2.12. The molecule has 0 radical (unpaired) electrons. The maximum Gasteiger partial charge on any atom is 0.239 e. The van der Waals surface area contributed by atoms with E-state index in [4.69, 9.17) is 0 Å². The van der Waals surface area contributed by atoms with Crippen molar-refractivity contribution in [1.82, 2.24) is 0 Å². The first-order valence-corrected chi connectivity index (χ1v) is 14.7. The maximum absolute atomic E-state index is 11.7.